The monoisotopic (exact) mass is 374 g/mol. The first-order valence-electron chi connectivity index (χ1n) is 8.53. The van der Waals surface area contributed by atoms with E-state index in [9.17, 15) is 4.79 Å². The first-order valence-corrected chi connectivity index (χ1v) is 8.91. The standard InChI is InChI=1S/C20H23ClN2O3/c1-13-4-5-16(21)10-17(13)22-11-20(24)23-7-6-14-8-18(25-2)19(26-3)9-15(14)12-23/h4-5,8-10,22H,6-7,11-12H2,1-3H3. The fourth-order valence-corrected chi connectivity index (χ4v) is 3.34. The molecule has 1 aliphatic heterocycles. The average molecular weight is 375 g/mol. The summed E-state index contributed by atoms with van der Waals surface area (Å²) in [5.41, 5.74) is 4.24. The zero-order valence-corrected chi connectivity index (χ0v) is 16.0. The van der Waals surface area contributed by atoms with E-state index in [-0.39, 0.29) is 12.5 Å². The molecule has 0 saturated carbocycles. The van der Waals surface area contributed by atoms with Crippen molar-refractivity contribution < 1.29 is 14.3 Å². The normalized spacial score (nSPS) is 13.2. The number of rotatable bonds is 5. The first kappa shape index (κ1) is 18.4. The number of carbonyl (C=O) groups excluding carboxylic acids is 1. The molecule has 0 radical (unpaired) electrons. The van der Waals surface area contributed by atoms with Crippen LogP contribution in [0.5, 0.6) is 11.5 Å². The largest absolute Gasteiger partial charge is 0.493 e. The lowest BCUT2D eigenvalue weighted by molar-refractivity contribution is -0.130. The summed E-state index contributed by atoms with van der Waals surface area (Å²) in [6.45, 7) is 3.49. The number of fused-ring (bicyclic) bond motifs is 1. The van der Waals surface area contributed by atoms with Gasteiger partial charge in [-0.2, -0.15) is 0 Å². The van der Waals surface area contributed by atoms with Crippen molar-refractivity contribution in [3.63, 3.8) is 0 Å². The second kappa shape index (κ2) is 7.87. The van der Waals surface area contributed by atoms with Crippen LogP contribution in [0.15, 0.2) is 30.3 Å². The van der Waals surface area contributed by atoms with Crippen LogP contribution in [0, 0.1) is 6.92 Å². The van der Waals surface area contributed by atoms with Crippen LogP contribution in [-0.4, -0.2) is 38.1 Å². The molecule has 0 aliphatic carbocycles. The van der Waals surface area contributed by atoms with Gasteiger partial charge in [-0.05, 0) is 54.3 Å². The van der Waals surface area contributed by atoms with Crippen LogP contribution in [0.25, 0.3) is 0 Å². The van der Waals surface area contributed by atoms with Crippen molar-refractivity contribution in [2.24, 2.45) is 0 Å². The molecule has 0 unspecified atom stereocenters. The van der Waals surface area contributed by atoms with Gasteiger partial charge in [0.2, 0.25) is 5.91 Å². The zero-order chi connectivity index (χ0) is 18.7. The smallest absolute Gasteiger partial charge is 0.242 e. The minimum Gasteiger partial charge on any atom is -0.493 e. The van der Waals surface area contributed by atoms with Gasteiger partial charge in [0.15, 0.2) is 11.5 Å². The van der Waals surface area contributed by atoms with Crippen molar-refractivity contribution in [2.75, 3.05) is 32.6 Å². The molecule has 6 heteroatoms. The molecule has 5 nitrogen and oxygen atoms in total. The molecule has 2 aromatic rings. The number of aryl methyl sites for hydroxylation is 1. The highest BCUT2D eigenvalue weighted by molar-refractivity contribution is 6.30. The van der Waals surface area contributed by atoms with Crippen LogP contribution in [0.2, 0.25) is 5.02 Å². The molecule has 0 fully saturated rings. The van der Waals surface area contributed by atoms with E-state index < -0.39 is 0 Å². The minimum absolute atomic E-state index is 0.0600. The number of halogens is 1. The van der Waals surface area contributed by atoms with Crippen LogP contribution in [0.1, 0.15) is 16.7 Å². The van der Waals surface area contributed by atoms with Gasteiger partial charge < -0.3 is 19.7 Å². The maximum absolute atomic E-state index is 12.6. The lowest BCUT2D eigenvalue weighted by Gasteiger charge is -2.30. The highest BCUT2D eigenvalue weighted by Gasteiger charge is 2.22. The number of ether oxygens (including phenoxy) is 2. The SMILES string of the molecule is COc1cc2c(cc1OC)CN(C(=O)CNc1cc(Cl)ccc1C)CC2. The number of nitrogens with one attached hydrogen (secondary N) is 1. The molecular formula is C20H23ClN2O3. The highest BCUT2D eigenvalue weighted by Crippen LogP contribution is 2.33. The van der Waals surface area contributed by atoms with Gasteiger partial charge in [-0.1, -0.05) is 17.7 Å². The molecule has 0 aromatic heterocycles. The van der Waals surface area contributed by atoms with Gasteiger partial charge in [0.1, 0.15) is 0 Å². The van der Waals surface area contributed by atoms with E-state index in [0.29, 0.717) is 23.9 Å². The van der Waals surface area contributed by atoms with Gasteiger partial charge in [-0.3, -0.25) is 4.79 Å². The molecule has 1 N–H and O–H groups in total. The van der Waals surface area contributed by atoms with Gasteiger partial charge in [0.25, 0.3) is 0 Å². The van der Waals surface area contributed by atoms with Crippen LogP contribution in [-0.2, 0) is 17.8 Å². The summed E-state index contributed by atoms with van der Waals surface area (Å²) in [5.74, 6) is 1.47. The maximum atomic E-state index is 12.6. The lowest BCUT2D eigenvalue weighted by atomic mass is 9.98. The van der Waals surface area contributed by atoms with E-state index in [1.54, 1.807) is 14.2 Å². The van der Waals surface area contributed by atoms with Crippen LogP contribution in [0.3, 0.4) is 0 Å². The Kier molecular flexibility index (Phi) is 5.57. The van der Waals surface area contributed by atoms with Gasteiger partial charge in [-0.15, -0.1) is 0 Å². The molecule has 1 aliphatic rings. The topological polar surface area (TPSA) is 50.8 Å². The van der Waals surface area contributed by atoms with Crippen molar-refractivity contribution in [3.8, 4) is 11.5 Å². The van der Waals surface area contributed by atoms with E-state index in [1.807, 2.05) is 42.2 Å². The molecule has 0 bridgehead atoms. The van der Waals surface area contributed by atoms with Gasteiger partial charge >= 0.3 is 0 Å². The van der Waals surface area contributed by atoms with Crippen molar-refractivity contribution in [1.82, 2.24) is 4.90 Å². The van der Waals surface area contributed by atoms with Crippen LogP contribution in [0.4, 0.5) is 5.69 Å². The fourth-order valence-electron chi connectivity index (χ4n) is 3.16. The summed E-state index contributed by atoms with van der Waals surface area (Å²) in [5, 5.41) is 3.85. The molecule has 138 valence electrons. The predicted octanol–water partition coefficient (Wildman–Crippen LogP) is 3.66. The molecule has 1 heterocycles. The molecule has 2 aromatic carbocycles. The third-order valence-corrected chi connectivity index (χ3v) is 4.94. The quantitative estimate of drug-likeness (QED) is 0.867. The number of benzene rings is 2. The number of nitrogens with zero attached hydrogens (tertiary/aromatic N) is 1. The summed E-state index contributed by atoms with van der Waals surface area (Å²) < 4.78 is 10.7. The molecule has 0 atom stereocenters. The summed E-state index contributed by atoms with van der Waals surface area (Å²) in [6.07, 6.45) is 0.803. The van der Waals surface area contributed by atoms with Crippen LogP contribution >= 0.6 is 11.6 Å². The van der Waals surface area contributed by atoms with E-state index in [2.05, 4.69) is 5.32 Å². The third-order valence-electron chi connectivity index (χ3n) is 4.70. The molecule has 26 heavy (non-hydrogen) atoms. The fraction of sp³-hybridized carbons (Fsp3) is 0.350. The molecular weight excluding hydrogens is 352 g/mol. The summed E-state index contributed by atoms with van der Waals surface area (Å²) >= 11 is 6.03. The van der Waals surface area contributed by atoms with E-state index in [4.69, 9.17) is 21.1 Å². The second-order valence-electron chi connectivity index (χ2n) is 6.35. The first-order chi connectivity index (χ1) is 12.5. The Balaban J connectivity index is 1.68. The number of amides is 1. The van der Waals surface area contributed by atoms with Crippen molar-refractivity contribution in [1.29, 1.82) is 0 Å². The number of methoxy groups -OCH3 is 2. The van der Waals surface area contributed by atoms with Crippen LogP contribution < -0.4 is 14.8 Å². The summed E-state index contributed by atoms with van der Waals surface area (Å²) in [4.78, 5) is 14.5. The van der Waals surface area contributed by atoms with Gasteiger partial charge in [0, 0.05) is 23.8 Å². The maximum Gasteiger partial charge on any atom is 0.242 e. The number of carbonyl (C=O) groups is 1. The minimum atomic E-state index is 0.0600. The molecule has 3 rings (SSSR count). The number of anilines is 1. The van der Waals surface area contributed by atoms with Crippen molar-refractivity contribution >= 4 is 23.2 Å². The van der Waals surface area contributed by atoms with Crippen molar-refractivity contribution in [2.45, 2.75) is 19.9 Å². The van der Waals surface area contributed by atoms with Crippen molar-refractivity contribution in [3.05, 3.63) is 52.0 Å². The Labute approximate surface area is 158 Å². The highest BCUT2D eigenvalue weighted by atomic mass is 35.5. The molecule has 0 saturated heterocycles. The second-order valence-corrected chi connectivity index (χ2v) is 6.79. The zero-order valence-electron chi connectivity index (χ0n) is 15.3. The van der Waals surface area contributed by atoms with E-state index >= 15 is 0 Å². The van der Waals surface area contributed by atoms with E-state index in [0.717, 1.165) is 29.0 Å². The Morgan fingerprint density at radius 1 is 1.15 bits per heavy atom. The molecule has 1 amide bonds. The average Bonchev–Trinajstić information content (AvgIpc) is 2.66. The summed E-state index contributed by atoms with van der Waals surface area (Å²) in [7, 11) is 3.25. The Hall–Kier alpha value is -2.40. The van der Waals surface area contributed by atoms with E-state index in [1.165, 1.54) is 5.56 Å². The third kappa shape index (κ3) is 3.88. The van der Waals surface area contributed by atoms with Gasteiger partial charge in [0.05, 0.1) is 20.8 Å². The number of hydrogen-bond acceptors (Lipinski definition) is 4. The van der Waals surface area contributed by atoms with Gasteiger partial charge in [-0.25, -0.2) is 0 Å². The predicted molar refractivity (Wildman–Crippen MR) is 103 cm³/mol. The Bertz CT molecular complexity index is 823. The lowest BCUT2D eigenvalue weighted by Crippen LogP contribution is -2.39. The summed E-state index contributed by atoms with van der Waals surface area (Å²) in [6, 6.07) is 9.58. The molecule has 0 spiro atoms. The Morgan fingerprint density at radius 3 is 2.54 bits per heavy atom. The Morgan fingerprint density at radius 2 is 1.85 bits per heavy atom. The number of hydrogen-bond donors (Lipinski definition) is 1.